The van der Waals surface area contributed by atoms with E-state index >= 15 is 0 Å². The molecule has 15 heteroatoms. The number of hydrogen-bond acceptors (Lipinski definition) is 12. The van der Waals surface area contributed by atoms with Gasteiger partial charge in [-0.1, -0.05) is 12.1 Å². The molecule has 0 aliphatic carbocycles. The SMILES string of the molecule is O=C(O)CN(CCNCc1ccc(O)c(O)c1)CCN(CCN(CCNCc1ccc(O)c(O)c1)CC(=O)O)CC(=O)O. The van der Waals surface area contributed by atoms with Crippen molar-refractivity contribution in [2.24, 2.45) is 0 Å². The number of phenolic OH excluding ortho intramolecular Hbond substituents is 4. The van der Waals surface area contributed by atoms with E-state index in [-0.39, 0.29) is 68.8 Å². The summed E-state index contributed by atoms with van der Waals surface area (Å²) in [5.41, 5.74) is 1.46. The molecule has 2 aromatic carbocycles. The largest absolute Gasteiger partial charge is 0.504 e. The Balaban J connectivity index is 1.86. The summed E-state index contributed by atoms with van der Waals surface area (Å²) in [5.74, 6) is -4.05. The van der Waals surface area contributed by atoms with Crippen molar-refractivity contribution in [1.82, 2.24) is 25.3 Å². The monoisotopic (exact) mass is 607 g/mol. The van der Waals surface area contributed by atoms with Crippen LogP contribution >= 0.6 is 0 Å². The van der Waals surface area contributed by atoms with Crippen molar-refractivity contribution >= 4 is 17.9 Å². The number of aromatic hydroxyl groups is 4. The first kappa shape index (κ1) is 35.0. The van der Waals surface area contributed by atoms with Crippen LogP contribution in [0.25, 0.3) is 0 Å². The van der Waals surface area contributed by atoms with Gasteiger partial charge in [0.05, 0.1) is 19.6 Å². The Bertz CT molecular complexity index is 1120. The maximum atomic E-state index is 11.5. The summed E-state index contributed by atoms with van der Waals surface area (Å²) in [6, 6.07) is 8.88. The molecule has 0 saturated carbocycles. The minimum absolute atomic E-state index is 0.224. The molecule has 15 nitrogen and oxygen atoms in total. The molecule has 9 N–H and O–H groups in total. The second-order valence-corrected chi connectivity index (χ2v) is 10.0. The lowest BCUT2D eigenvalue weighted by molar-refractivity contribution is -0.140. The number of benzene rings is 2. The highest BCUT2D eigenvalue weighted by atomic mass is 16.4. The summed E-state index contributed by atoms with van der Waals surface area (Å²) in [6.45, 7) is 2.51. The van der Waals surface area contributed by atoms with Crippen LogP contribution in [0.3, 0.4) is 0 Å². The fourth-order valence-corrected chi connectivity index (χ4v) is 4.25. The van der Waals surface area contributed by atoms with Crippen LogP contribution in [0.5, 0.6) is 23.0 Å². The summed E-state index contributed by atoms with van der Waals surface area (Å²) in [4.78, 5) is 39.3. The Morgan fingerprint density at radius 1 is 0.512 bits per heavy atom. The van der Waals surface area contributed by atoms with Crippen LogP contribution in [-0.2, 0) is 27.5 Å². The van der Waals surface area contributed by atoms with Gasteiger partial charge < -0.3 is 46.4 Å². The van der Waals surface area contributed by atoms with E-state index in [0.717, 1.165) is 11.1 Å². The second-order valence-electron chi connectivity index (χ2n) is 10.0. The first-order chi connectivity index (χ1) is 20.4. The van der Waals surface area contributed by atoms with Crippen molar-refractivity contribution < 1.29 is 50.1 Å². The number of carboxylic acid groups (broad SMARTS) is 3. The molecule has 0 bridgehead atoms. The van der Waals surface area contributed by atoms with Crippen molar-refractivity contribution in [2.45, 2.75) is 13.1 Å². The summed E-state index contributed by atoms with van der Waals surface area (Å²) in [6.07, 6.45) is 0. The fraction of sp³-hybridized carbons (Fsp3) is 0.464. The van der Waals surface area contributed by atoms with Crippen LogP contribution in [0.1, 0.15) is 11.1 Å². The fourth-order valence-electron chi connectivity index (χ4n) is 4.25. The van der Waals surface area contributed by atoms with Gasteiger partial charge in [-0.15, -0.1) is 0 Å². The summed E-state index contributed by atoms with van der Waals surface area (Å²) < 4.78 is 0. The third kappa shape index (κ3) is 14.5. The Labute approximate surface area is 249 Å². The average molecular weight is 608 g/mol. The predicted molar refractivity (Wildman–Crippen MR) is 155 cm³/mol. The molecule has 0 radical (unpaired) electrons. The molecule has 2 rings (SSSR count). The number of hydrogen-bond donors (Lipinski definition) is 9. The van der Waals surface area contributed by atoms with E-state index in [1.165, 1.54) is 24.3 Å². The molecule has 0 heterocycles. The number of nitrogens with zero attached hydrogens (tertiary/aromatic N) is 3. The highest BCUT2D eigenvalue weighted by molar-refractivity contribution is 5.69. The van der Waals surface area contributed by atoms with Gasteiger partial charge in [0.25, 0.3) is 0 Å². The lowest BCUT2D eigenvalue weighted by atomic mass is 10.2. The highest BCUT2D eigenvalue weighted by Gasteiger charge is 2.17. The first-order valence-electron chi connectivity index (χ1n) is 13.7. The van der Waals surface area contributed by atoms with E-state index in [0.29, 0.717) is 39.3 Å². The van der Waals surface area contributed by atoms with E-state index < -0.39 is 17.9 Å². The predicted octanol–water partition coefficient (Wildman–Crippen LogP) is -0.452. The zero-order valence-corrected chi connectivity index (χ0v) is 23.9. The number of phenols is 4. The molecule has 0 saturated heterocycles. The quantitative estimate of drug-likeness (QED) is 0.0610. The average Bonchev–Trinajstić information content (AvgIpc) is 2.93. The zero-order valence-electron chi connectivity index (χ0n) is 23.9. The van der Waals surface area contributed by atoms with Gasteiger partial charge in [0, 0.05) is 65.4 Å². The Morgan fingerprint density at radius 3 is 1.14 bits per heavy atom. The van der Waals surface area contributed by atoms with Crippen molar-refractivity contribution in [2.75, 3.05) is 72.0 Å². The van der Waals surface area contributed by atoms with Gasteiger partial charge >= 0.3 is 17.9 Å². The Hall–Kier alpha value is -4.15. The summed E-state index contributed by atoms with van der Waals surface area (Å²) in [5, 5.41) is 72.4. The van der Waals surface area contributed by atoms with Crippen molar-refractivity contribution in [3.8, 4) is 23.0 Å². The number of carbonyl (C=O) groups is 3. The topological polar surface area (TPSA) is 227 Å². The van der Waals surface area contributed by atoms with E-state index in [9.17, 15) is 50.1 Å². The summed E-state index contributed by atoms with van der Waals surface area (Å²) in [7, 11) is 0. The van der Waals surface area contributed by atoms with Gasteiger partial charge in [0.15, 0.2) is 23.0 Å². The van der Waals surface area contributed by atoms with Gasteiger partial charge in [-0.3, -0.25) is 29.1 Å². The second kappa shape index (κ2) is 18.4. The molecule has 2 aromatic rings. The van der Waals surface area contributed by atoms with Crippen LogP contribution < -0.4 is 10.6 Å². The van der Waals surface area contributed by atoms with E-state index in [2.05, 4.69) is 10.6 Å². The van der Waals surface area contributed by atoms with Gasteiger partial charge in [0.1, 0.15) is 0 Å². The Morgan fingerprint density at radius 2 is 0.837 bits per heavy atom. The molecule has 0 aromatic heterocycles. The van der Waals surface area contributed by atoms with Crippen LogP contribution in [0.2, 0.25) is 0 Å². The molecule has 0 unspecified atom stereocenters. The standard InChI is InChI=1S/C28H41N5O10/c34-22-3-1-20(13-24(22)36)15-29-5-7-31(17-26(38)39)9-11-33(19-28(42)43)12-10-32(18-27(40)41)8-6-30-16-21-2-4-23(35)25(37)14-21/h1-4,13-14,29-30,34-37H,5-12,15-19H2,(H,38,39)(H,40,41)(H,42,43). The van der Waals surface area contributed by atoms with Gasteiger partial charge in [-0.25, -0.2) is 0 Å². The molecule has 43 heavy (non-hydrogen) atoms. The molecule has 0 aliphatic rings. The maximum Gasteiger partial charge on any atom is 0.317 e. The summed E-state index contributed by atoms with van der Waals surface area (Å²) >= 11 is 0. The first-order valence-corrected chi connectivity index (χ1v) is 13.7. The smallest absolute Gasteiger partial charge is 0.317 e. The van der Waals surface area contributed by atoms with Gasteiger partial charge in [-0.05, 0) is 35.4 Å². The normalized spacial score (nSPS) is 11.4. The minimum atomic E-state index is -1.06. The molecule has 0 atom stereocenters. The van der Waals surface area contributed by atoms with E-state index in [1.54, 1.807) is 26.8 Å². The lowest BCUT2D eigenvalue weighted by Gasteiger charge is -2.28. The number of rotatable bonds is 22. The van der Waals surface area contributed by atoms with E-state index in [1.807, 2.05) is 0 Å². The molecule has 0 fully saturated rings. The Kier molecular flexibility index (Phi) is 15.0. The zero-order chi connectivity index (χ0) is 31.8. The number of nitrogens with one attached hydrogen (secondary N) is 2. The van der Waals surface area contributed by atoms with Crippen LogP contribution in [0, 0.1) is 0 Å². The van der Waals surface area contributed by atoms with Crippen molar-refractivity contribution in [3.05, 3.63) is 47.5 Å². The maximum absolute atomic E-state index is 11.5. The molecule has 0 spiro atoms. The van der Waals surface area contributed by atoms with E-state index in [4.69, 9.17) is 0 Å². The van der Waals surface area contributed by atoms with Gasteiger partial charge in [0.2, 0.25) is 0 Å². The minimum Gasteiger partial charge on any atom is -0.504 e. The van der Waals surface area contributed by atoms with Crippen molar-refractivity contribution in [1.29, 1.82) is 0 Å². The lowest BCUT2D eigenvalue weighted by Crippen LogP contribution is -2.45. The number of carboxylic acids is 3. The molecular formula is C28H41N5O10. The molecule has 0 aliphatic heterocycles. The van der Waals surface area contributed by atoms with Gasteiger partial charge in [-0.2, -0.15) is 0 Å². The molecular weight excluding hydrogens is 566 g/mol. The van der Waals surface area contributed by atoms with Crippen LogP contribution in [-0.4, -0.2) is 140 Å². The van der Waals surface area contributed by atoms with Crippen LogP contribution in [0.15, 0.2) is 36.4 Å². The van der Waals surface area contributed by atoms with Crippen LogP contribution in [0.4, 0.5) is 0 Å². The highest BCUT2D eigenvalue weighted by Crippen LogP contribution is 2.25. The third-order valence-corrected chi connectivity index (χ3v) is 6.49. The third-order valence-electron chi connectivity index (χ3n) is 6.49. The van der Waals surface area contributed by atoms with Crippen molar-refractivity contribution in [3.63, 3.8) is 0 Å². The number of aliphatic carboxylic acids is 3. The molecule has 0 amide bonds. The molecule has 238 valence electrons.